The molecule has 0 unspecified atom stereocenters. The Morgan fingerprint density at radius 3 is 2.13 bits per heavy atom. The van der Waals surface area contributed by atoms with Gasteiger partial charge in [-0.05, 0) is 17.2 Å². The third-order valence-electron chi connectivity index (χ3n) is 3.77. The van der Waals surface area contributed by atoms with Gasteiger partial charge in [0.1, 0.15) is 16.7 Å². The van der Waals surface area contributed by atoms with Gasteiger partial charge in [-0.1, -0.05) is 66.2 Å². The number of alkyl halides is 3. The summed E-state index contributed by atoms with van der Waals surface area (Å²) in [5.41, 5.74) is 3.61. The Bertz CT molecular complexity index is 1060. The monoisotopic (exact) mass is 452 g/mol. The molecule has 0 bridgehead atoms. The van der Waals surface area contributed by atoms with Crippen LogP contribution in [0.4, 0.5) is 13.2 Å². The minimum absolute atomic E-state index is 0.525. The number of halogens is 4. The minimum atomic E-state index is -5.08. The number of aliphatic carboxylic acids is 2. The van der Waals surface area contributed by atoms with Crippen LogP contribution in [0.25, 0.3) is 17.3 Å². The average molecular weight is 453 g/mol. The van der Waals surface area contributed by atoms with Crippen LogP contribution in [-0.2, 0) is 16.0 Å². The molecule has 0 aliphatic heterocycles. The maximum absolute atomic E-state index is 10.6. The molecular weight excluding hydrogens is 437 g/mol. The van der Waals surface area contributed by atoms with E-state index in [2.05, 4.69) is 9.97 Å². The van der Waals surface area contributed by atoms with Crippen LogP contribution in [0.15, 0.2) is 60.7 Å². The number of nitrogens with zero attached hydrogens (tertiary/aromatic N) is 1. The molecular formula is C21H16ClF3N2O4. The highest BCUT2D eigenvalue weighted by Crippen LogP contribution is 2.26. The molecule has 0 aliphatic carbocycles. The normalized spacial score (nSPS) is 11.1. The molecule has 0 spiro atoms. The summed E-state index contributed by atoms with van der Waals surface area (Å²) >= 11 is 6.26. The molecule has 10 heteroatoms. The molecule has 3 N–H and O–H groups in total. The number of imidazole rings is 1. The predicted molar refractivity (Wildman–Crippen MR) is 109 cm³/mol. The van der Waals surface area contributed by atoms with Crippen LogP contribution >= 0.6 is 11.6 Å². The van der Waals surface area contributed by atoms with Gasteiger partial charge in [0, 0.05) is 18.1 Å². The van der Waals surface area contributed by atoms with Crippen molar-refractivity contribution in [1.29, 1.82) is 0 Å². The van der Waals surface area contributed by atoms with E-state index in [1.54, 1.807) is 6.08 Å². The lowest BCUT2D eigenvalue weighted by atomic mass is 10.1. The van der Waals surface area contributed by atoms with Crippen molar-refractivity contribution in [1.82, 2.24) is 9.97 Å². The van der Waals surface area contributed by atoms with Gasteiger partial charge in [0.05, 0.1) is 0 Å². The van der Waals surface area contributed by atoms with Crippen LogP contribution in [0, 0.1) is 0 Å². The number of carboxylic acids is 2. The van der Waals surface area contributed by atoms with Crippen LogP contribution in [0.2, 0.25) is 5.15 Å². The highest BCUT2D eigenvalue weighted by Gasteiger charge is 2.38. The van der Waals surface area contributed by atoms with Gasteiger partial charge < -0.3 is 15.2 Å². The summed E-state index contributed by atoms with van der Waals surface area (Å²) in [6, 6.07) is 17.4. The molecule has 0 atom stereocenters. The summed E-state index contributed by atoms with van der Waals surface area (Å²) in [4.78, 5) is 27.1. The Kier molecular flexibility index (Phi) is 7.98. The molecule has 0 radical (unpaired) electrons. The first kappa shape index (κ1) is 23.7. The third kappa shape index (κ3) is 7.63. The number of aromatic nitrogens is 2. The second-order valence-electron chi connectivity index (χ2n) is 6.10. The standard InChI is InChI=1S/C19H15ClN2O2.C2HF3O2/c20-19-18(15-4-2-1-3-5-15)21-16(22-19)12-14-8-6-13(7-9-14)10-11-17(23)24;3-2(4,5)1(6)7/h1-11H,12H2,(H,21,22)(H,23,24);(H,6,7)/b11-10+;. The van der Waals surface area contributed by atoms with Gasteiger partial charge in [-0.25, -0.2) is 14.6 Å². The zero-order valence-electron chi connectivity index (χ0n) is 15.7. The molecule has 2 aromatic carbocycles. The number of rotatable bonds is 5. The van der Waals surface area contributed by atoms with E-state index in [4.69, 9.17) is 26.6 Å². The quantitative estimate of drug-likeness (QED) is 0.470. The summed E-state index contributed by atoms with van der Waals surface area (Å²) in [6.07, 6.45) is -1.79. The first-order chi connectivity index (χ1) is 14.6. The van der Waals surface area contributed by atoms with Gasteiger partial charge in [-0.15, -0.1) is 0 Å². The van der Waals surface area contributed by atoms with Crippen molar-refractivity contribution in [2.45, 2.75) is 12.6 Å². The number of carboxylic acid groups (broad SMARTS) is 2. The number of aromatic amines is 1. The SMILES string of the molecule is O=C(O)/C=C/c1ccc(Cc2nc(-c3ccccc3)c(Cl)[nH]2)cc1.O=C(O)C(F)(F)F. The van der Waals surface area contributed by atoms with Gasteiger partial charge >= 0.3 is 18.1 Å². The molecule has 0 saturated carbocycles. The number of benzene rings is 2. The molecule has 0 aliphatic rings. The summed E-state index contributed by atoms with van der Waals surface area (Å²) in [5, 5.41) is 16.3. The van der Waals surface area contributed by atoms with Crippen molar-refractivity contribution < 1.29 is 33.0 Å². The first-order valence-electron chi connectivity index (χ1n) is 8.66. The van der Waals surface area contributed by atoms with E-state index in [0.29, 0.717) is 11.6 Å². The van der Waals surface area contributed by atoms with Crippen LogP contribution < -0.4 is 0 Å². The van der Waals surface area contributed by atoms with E-state index in [1.807, 2.05) is 54.6 Å². The lowest BCUT2D eigenvalue weighted by Gasteiger charge is -1.99. The van der Waals surface area contributed by atoms with E-state index >= 15 is 0 Å². The van der Waals surface area contributed by atoms with Crippen molar-refractivity contribution in [2.75, 3.05) is 0 Å². The average Bonchev–Trinajstić information content (AvgIpc) is 3.08. The van der Waals surface area contributed by atoms with E-state index < -0.39 is 18.1 Å². The molecule has 31 heavy (non-hydrogen) atoms. The fourth-order valence-corrected chi connectivity index (χ4v) is 2.64. The smallest absolute Gasteiger partial charge is 0.478 e. The summed E-state index contributed by atoms with van der Waals surface area (Å²) in [7, 11) is 0. The Hall–Kier alpha value is -3.59. The largest absolute Gasteiger partial charge is 0.490 e. The van der Waals surface area contributed by atoms with Crippen LogP contribution in [0.3, 0.4) is 0 Å². The number of hydrogen-bond acceptors (Lipinski definition) is 3. The van der Waals surface area contributed by atoms with Gasteiger partial charge in [0.2, 0.25) is 0 Å². The number of hydrogen-bond donors (Lipinski definition) is 3. The van der Waals surface area contributed by atoms with Crippen molar-refractivity contribution in [3.05, 3.63) is 82.8 Å². The highest BCUT2D eigenvalue weighted by atomic mass is 35.5. The third-order valence-corrected chi connectivity index (χ3v) is 4.04. The van der Waals surface area contributed by atoms with Gasteiger partial charge in [0.15, 0.2) is 0 Å². The van der Waals surface area contributed by atoms with Crippen molar-refractivity contribution in [3.63, 3.8) is 0 Å². The fraction of sp³-hybridized carbons (Fsp3) is 0.0952. The highest BCUT2D eigenvalue weighted by molar-refractivity contribution is 6.31. The van der Waals surface area contributed by atoms with Crippen LogP contribution in [-0.4, -0.2) is 38.3 Å². The Morgan fingerprint density at radius 1 is 1.03 bits per heavy atom. The van der Waals surface area contributed by atoms with Crippen molar-refractivity contribution >= 4 is 29.6 Å². The lowest BCUT2D eigenvalue weighted by molar-refractivity contribution is -0.192. The molecule has 0 fully saturated rings. The maximum Gasteiger partial charge on any atom is 0.490 e. The molecule has 1 aromatic heterocycles. The first-order valence-corrected chi connectivity index (χ1v) is 9.04. The van der Waals surface area contributed by atoms with E-state index in [1.165, 1.54) is 0 Å². The maximum atomic E-state index is 10.6. The van der Waals surface area contributed by atoms with Gasteiger partial charge in [-0.2, -0.15) is 13.2 Å². The molecule has 3 aromatic rings. The van der Waals surface area contributed by atoms with Crippen LogP contribution in [0.5, 0.6) is 0 Å². The van der Waals surface area contributed by atoms with E-state index in [-0.39, 0.29) is 0 Å². The van der Waals surface area contributed by atoms with Gasteiger partial charge in [-0.3, -0.25) is 0 Å². The summed E-state index contributed by atoms with van der Waals surface area (Å²) in [5.74, 6) is -2.93. The molecule has 162 valence electrons. The van der Waals surface area contributed by atoms with Gasteiger partial charge in [0.25, 0.3) is 0 Å². The number of carbonyl (C=O) groups is 2. The minimum Gasteiger partial charge on any atom is -0.478 e. The summed E-state index contributed by atoms with van der Waals surface area (Å²) in [6.45, 7) is 0. The van der Waals surface area contributed by atoms with Crippen molar-refractivity contribution in [2.24, 2.45) is 0 Å². The Labute approximate surface area is 179 Å². The topological polar surface area (TPSA) is 103 Å². The predicted octanol–water partition coefficient (Wildman–Crippen LogP) is 5.05. The zero-order valence-corrected chi connectivity index (χ0v) is 16.5. The second kappa shape index (κ2) is 10.4. The molecule has 6 nitrogen and oxygen atoms in total. The Morgan fingerprint density at radius 2 is 1.61 bits per heavy atom. The molecule has 0 saturated heterocycles. The zero-order chi connectivity index (χ0) is 23.0. The molecule has 0 amide bonds. The lowest BCUT2D eigenvalue weighted by Crippen LogP contribution is -2.21. The number of nitrogens with one attached hydrogen (secondary N) is 1. The Balaban J connectivity index is 0.000000423. The van der Waals surface area contributed by atoms with E-state index in [0.717, 1.165) is 34.3 Å². The van der Waals surface area contributed by atoms with Crippen molar-refractivity contribution in [3.8, 4) is 11.3 Å². The molecule has 3 rings (SSSR count). The molecule has 1 heterocycles. The second-order valence-corrected chi connectivity index (χ2v) is 6.48. The fourth-order valence-electron chi connectivity index (χ4n) is 2.38. The number of H-pyrrole nitrogens is 1. The summed E-state index contributed by atoms with van der Waals surface area (Å²) < 4.78 is 31.7. The van der Waals surface area contributed by atoms with E-state index in [9.17, 15) is 18.0 Å². The van der Waals surface area contributed by atoms with Crippen LogP contribution in [0.1, 0.15) is 17.0 Å².